The van der Waals surface area contributed by atoms with Gasteiger partial charge in [-0.1, -0.05) is 13.8 Å². The number of amides is 1. The van der Waals surface area contributed by atoms with Crippen LogP contribution in [0.15, 0.2) is 0 Å². The minimum absolute atomic E-state index is 0. The molecule has 0 radical (unpaired) electrons. The monoisotopic (exact) mass is 290 g/mol. The number of carbonyl (C=O) groups is 1. The number of morpholine rings is 1. The molecule has 2 saturated heterocycles. The zero-order valence-electron chi connectivity index (χ0n) is 12.9. The zero-order chi connectivity index (χ0) is 14.8. The fourth-order valence-corrected chi connectivity index (χ4v) is 2.03. The van der Waals surface area contributed by atoms with E-state index in [9.17, 15) is 4.79 Å². The van der Waals surface area contributed by atoms with Gasteiger partial charge >= 0.3 is 6.09 Å². The summed E-state index contributed by atoms with van der Waals surface area (Å²) in [6, 6.07) is 0. The maximum absolute atomic E-state index is 11.5. The maximum atomic E-state index is 11.5. The van der Waals surface area contributed by atoms with Gasteiger partial charge in [-0.3, -0.25) is 4.90 Å². The summed E-state index contributed by atoms with van der Waals surface area (Å²) in [6.45, 7) is 12.1. The van der Waals surface area contributed by atoms with Gasteiger partial charge in [0.1, 0.15) is 0 Å². The van der Waals surface area contributed by atoms with Crippen molar-refractivity contribution in [3.8, 4) is 0 Å². The van der Waals surface area contributed by atoms with Gasteiger partial charge in [-0.25, -0.2) is 4.79 Å². The Morgan fingerprint density at radius 3 is 2.50 bits per heavy atom. The smallest absolute Gasteiger partial charge is 0.407 e. The number of ether oxygens (including phenoxy) is 3. The summed E-state index contributed by atoms with van der Waals surface area (Å²) in [6.07, 6.45) is 0.588. The Bertz CT molecular complexity index is 282. The van der Waals surface area contributed by atoms with Crippen LogP contribution in [0, 0.1) is 0 Å². The molecule has 2 heterocycles. The molecule has 20 heavy (non-hydrogen) atoms. The summed E-state index contributed by atoms with van der Waals surface area (Å²) in [7, 11) is 0. The van der Waals surface area contributed by atoms with Crippen molar-refractivity contribution in [2.75, 3.05) is 52.6 Å². The van der Waals surface area contributed by atoms with Crippen LogP contribution >= 0.6 is 0 Å². The first-order valence-corrected chi connectivity index (χ1v) is 7.53. The van der Waals surface area contributed by atoms with Crippen LogP contribution in [-0.2, 0) is 14.2 Å². The lowest BCUT2D eigenvalue weighted by Gasteiger charge is -2.36. The molecule has 0 aromatic heterocycles. The third kappa shape index (κ3) is 6.07. The molecule has 0 atom stereocenters. The normalized spacial score (nSPS) is 21.1. The van der Waals surface area contributed by atoms with E-state index in [0.717, 1.165) is 39.3 Å². The maximum Gasteiger partial charge on any atom is 0.407 e. The number of hydrogen-bond acceptors (Lipinski definition) is 5. The number of rotatable bonds is 5. The van der Waals surface area contributed by atoms with Gasteiger partial charge in [-0.2, -0.15) is 0 Å². The minimum atomic E-state index is -0.422. The second-order valence-corrected chi connectivity index (χ2v) is 5.07. The van der Waals surface area contributed by atoms with Gasteiger partial charge in [0.15, 0.2) is 5.60 Å². The lowest BCUT2D eigenvalue weighted by molar-refractivity contribution is -0.166. The summed E-state index contributed by atoms with van der Waals surface area (Å²) < 4.78 is 15.6. The number of nitrogens with zero attached hydrogens (tertiary/aromatic N) is 1. The molecule has 2 aliphatic rings. The van der Waals surface area contributed by atoms with Gasteiger partial charge in [-0.15, -0.1) is 0 Å². The molecule has 0 unspecified atom stereocenters. The van der Waals surface area contributed by atoms with E-state index in [1.165, 1.54) is 0 Å². The number of nitrogens with one attached hydrogen (secondary N) is 1. The average Bonchev–Trinajstić information content (AvgIpc) is 2.45. The molecule has 6 nitrogen and oxygen atoms in total. The molecule has 1 amide bonds. The van der Waals surface area contributed by atoms with Crippen LogP contribution in [0.1, 0.15) is 28.6 Å². The molecule has 6 heteroatoms. The highest BCUT2D eigenvalue weighted by molar-refractivity contribution is 5.67. The standard InChI is InChI=1S/C12H22N2O4.C2H6.H2/c1-12(9-17-10-12)18-11(15)13-3-2-4-14-5-7-16-8-6-14;1-2;/h2-10H2,1H3,(H,13,15);1-2H3;1H. The predicted octanol–water partition coefficient (Wildman–Crippen LogP) is 1.50. The van der Waals surface area contributed by atoms with E-state index in [0.29, 0.717) is 19.8 Å². The molecule has 2 aliphatic heterocycles. The molecular weight excluding hydrogens is 260 g/mol. The Hall–Kier alpha value is -0.850. The van der Waals surface area contributed by atoms with Crippen LogP contribution in [0.3, 0.4) is 0 Å². The Morgan fingerprint density at radius 2 is 1.95 bits per heavy atom. The van der Waals surface area contributed by atoms with E-state index >= 15 is 0 Å². The summed E-state index contributed by atoms with van der Waals surface area (Å²) in [4.78, 5) is 13.8. The highest BCUT2D eigenvalue weighted by atomic mass is 16.6. The molecular formula is C14H30N2O4. The first-order chi connectivity index (χ1) is 9.68. The first kappa shape index (κ1) is 17.2. The number of carbonyl (C=O) groups excluding carboxylic acids is 1. The Morgan fingerprint density at radius 1 is 1.30 bits per heavy atom. The van der Waals surface area contributed by atoms with E-state index in [4.69, 9.17) is 14.2 Å². The largest absolute Gasteiger partial charge is 0.438 e. The Kier molecular flexibility index (Phi) is 7.87. The van der Waals surface area contributed by atoms with E-state index in [1.807, 2.05) is 20.8 Å². The van der Waals surface area contributed by atoms with Crippen LogP contribution in [0.5, 0.6) is 0 Å². The van der Waals surface area contributed by atoms with Crippen molar-refractivity contribution in [2.24, 2.45) is 0 Å². The average molecular weight is 290 g/mol. The first-order valence-electron chi connectivity index (χ1n) is 7.53. The summed E-state index contributed by atoms with van der Waals surface area (Å²) in [5.74, 6) is 0. The number of hydrogen-bond donors (Lipinski definition) is 1. The molecule has 0 aromatic carbocycles. The van der Waals surface area contributed by atoms with E-state index < -0.39 is 5.60 Å². The van der Waals surface area contributed by atoms with Crippen LogP contribution in [0.4, 0.5) is 4.79 Å². The van der Waals surface area contributed by atoms with Crippen molar-refractivity contribution < 1.29 is 20.4 Å². The van der Waals surface area contributed by atoms with Gasteiger partial charge in [0.05, 0.1) is 26.4 Å². The Balaban J connectivity index is 0.00000128. The van der Waals surface area contributed by atoms with E-state index in [2.05, 4.69) is 10.2 Å². The van der Waals surface area contributed by atoms with Crippen molar-refractivity contribution in [2.45, 2.75) is 32.8 Å². The van der Waals surface area contributed by atoms with Crippen LogP contribution in [0.25, 0.3) is 0 Å². The van der Waals surface area contributed by atoms with Crippen LogP contribution in [-0.4, -0.2) is 69.2 Å². The summed E-state index contributed by atoms with van der Waals surface area (Å²) in [5.41, 5.74) is -0.422. The van der Waals surface area contributed by atoms with Crippen molar-refractivity contribution in [1.29, 1.82) is 0 Å². The van der Waals surface area contributed by atoms with Gasteiger partial charge in [-0.05, 0) is 19.9 Å². The van der Waals surface area contributed by atoms with Crippen LogP contribution in [0.2, 0.25) is 0 Å². The molecule has 120 valence electrons. The van der Waals surface area contributed by atoms with Crippen molar-refractivity contribution in [1.82, 2.24) is 10.2 Å². The highest BCUT2D eigenvalue weighted by Gasteiger charge is 2.37. The zero-order valence-corrected chi connectivity index (χ0v) is 12.9. The fourth-order valence-electron chi connectivity index (χ4n) is 2.03. The number of alkyl carbamates (subject to hydrolysis) is 1. The summed E-state index contributed by atoms with van der Waals surface area (Å²) >= 11 is 0. The molecule has 0 aliphatic carbocycles. The van der Waals surface area contributed by atoms with Crippen molar-refractivity contribution in [3.05, 3.63) is 0 Å². The molecule has 0 bridgehead atoms. The van der Waals surface area contributed by atoms with Gasteiger partial charge in [0.25, 0.3) is 0 Å². The quantitative estimate of drug-likeness (QED) is 0.778. The predicted molar refractivity (Wildman–Crippen MR) is 79.0 cm³/mol. The third-order valence-corrected chi connectivity index (χ3v) is 3.18. The molecule has 0 spiro atoms. The van der Waals surface area contributed by atoms with Crippen molar-refractivity contribution in [3.63, 3.8) is 0 Å². The summed E-state index contributed by atoms with van der Waals surface area (Å²) in [5, 5.41) is 2.77. The lowest BCUT2D eigenvalue weighted by atomic mass is 10.1. The molecule has 0 saturated carbocycles. The molecule has 2 fully saturated rings. The molecule has 0 aromatic rings. The second kappa shape index (κ2) is 9.15. The second-order valence-electron chi connectivity index (χ2n) is 5.07. The topological polar surface area (TPSA) is 60.0 Å². The highest BCUT2D eigenvalue weighted by Crippen LogP contribution is 2.20. The SMILES string of the molecule is CC.CC1(OC(=O)NCCCN2CCOCC2)COC1.[HH]. The third-order valence-electron chi connectivity index (χ3n) is 3.18. The van der Waals surface area contributed by atoms with E-state index in [-0.39, 0.29) is 7.52 Å². The lowest BCUT2D eigenvalue weighted by Crippen LogP contribution is -2.52. The van der Waals surface area contributed by atoms with Crippen LogP contribution < -0.4 is 5.32 Å². The van der Waals surface area contributed by atoms with Gasteiger partial charge in [0, 0.05) is 21.1 Å². The molecule has 1 N–H and O–H groups in total. The van der Waals surface area contributed by atoms with Crippen molar-refractivity contribution >= 4 is 6.09 Å². The fraction of sp³-hybridized carbons (Fsp3) is 0.929. The van der Waals surface area contributed by atoms with Gasteiger partial charge in [0.2, 0.25) is 0 Å². The molecule has 2 rings (SSSR count). The Labute approximate surface area is 123 Å². The minimum Gasteiger partial charge on any atom is -0.438 e. The van der Waals surface area contributed by atoms with E-state index in [1.54, 1.807) is 0 Å². The van der Waals surface area contributed by atoms with Gasteiger partial charge < -0.3 is 19.5 Å².